The van der Waals surface area contributed by atoms with Crippen LogP contribution in [0.4, 0.5) is 0 Å². The van der Waals surface area contributed by atoms with E-state index in [0.29, 0.717) is 17.1 Å². The standard InChI is InChI=1S/C15H16N2O4S/c1-16-13(18)10(14(19)17(2)15(16)22)8-9-6-5-7-11(20-3)12(9)21-4/h5-8H,1-4H3. The second-order valence-corrected chi connectivity index (χ2v) is 5.02. The molecule has 6 nitrogen and oxygen atoms in total. The summed E-state index contributed by atoms with van der Waals surface area (Å²) in [6.45, 7) is 0. The first-order valence-corrected chi connectivity index (χ1v) is 6.86. The molecule has 116 valence electrons. The minimum Gasteiger partial charge on any atom is -0.493 e. The summed E-state index contributed by atoms with van der Waals surface area (Å²) in [7, 11) is 6.08. The number of methoxy groups -OCH3 is 2. The second-order valence-electron chi connectivity index (χ2n) is 4.65. The van der Waals surface area contributed by atoms with Gasteiger partial charge in [0.15, 0.2) is 16.6 Å². The smallest absolute Gasteiger partial charge is 0.265 e. The Bertz CT molecular complexity index is 658. The van der Waals surface area contributed by atoms with E-state index >= 15 is 0 Å². The van der Waals surface area contributed by atoms with Crippen molar-refractivity contribution in [3.8, 4) is 11.5 Å². The van der Waals surface area contributed by atoms with Crippen LogP contribution in [0.1, 0.15) is 5.56 Å². The number of amides is 2. The molecule has 1 aliphatic heterocycles. The van der Waals surface area contributed by atoms with Crippen LogP contribution < -0.4 is 9.47 Å². The van der Waals surface area contributed by atoms with Crippen molar-refractivity contribution >= 4 is 35.2 Å². The molecular formula is C15H16N2O4S. The van der Waals surface area contributed by atoms with Gasteiger partial charge in [-0.05, 0) is 24.4 Å². The van der Waals surface area contributed by atoms with E-state index < -0.39 is 11.8 Å². The van der Waals surface area contributed by atoms with Gasteiger partial charge in [0.25, 0.3) is 11.8 Å². The maximum absolute atomic E-state index is 12.3. The summed E-state index contributed by atoms with van der Waals surface area (Å²) in [5.41, 5.74) is 0.596. The van der Waals surface area contributed by atoms with Crippen LogP contribution in [0.25, 0.3) is 6.08 Å². The number of carbonyl (C=O) groups excluding carboxylic acids is 2. The van der Waals surface area contributed by atoms with Crippen LogP contribution in [-0.2, 0) is 9.59 Å². The van der Waals surface area contributed by atoms with Crippen LogP contribution in [-0.4, -0.2) is 55.0 Å². The summed E-state index contributed by atoms with van der Waals surface area (Å²) in [5, 5.41) is 0.171. The number of ether oxygens (including phenoxy) is 2. The first-order chi connectivity index (χ1) is 10.4. The average Bonchev–Trinajstić information content (AvgIpc) is 2.54. The minimum atomic E-state index is -0.446. The number of nitrogens with zero attached hydrogens (tertiary/aromatic N) is 2. The maximum atomic E-state index is 12.3. The van der Waals surface area contributed by atoms with Crippen LogP contribution in [0.2, 0.25) is 0 Å². The van der Waals surface area contributed by atoms with Crippen LogP contribution in [0.15, 0.2) is 23.8 Å². The first kappa shape index (κ1) is 16.0. The highest BCUT2D eigenvalue weighted by Gasteiger charge is 2.35. The topological polar surface area (TPSA) is 59.1 Å². The van der Waals surface area contributed by atoms with Gasteiger partial charge in [0, 0.05) is 19.7 Å². The summed E-state index contributed by atoms with van der Waals surface area (Å²) in [4.78, 5) is 27.1. The highest BCUT2D eigenvalue weighted by Crippen LogP contribution is 2.32. The molecule has 0 bridgehead atoms. The van der Waals surface area contributed by atoms with Crippen LogP contribution >= 0.6 is 12.2 Å². The number of thiocarbonyl (C=S) groups is 1. The summed E-state index contributed by atoms with van der Waals surface area (Å²) in [6, 6.07) is 5.23. The van der Waals surface area contributed by atoms with E-state index in [4.69, 9.17) is 21.7 Å². The van der Waals surface area contributed by atoms with Gasteiger partial charge in [-0.15, -0.1) is 0 Å². The Morgan fingerprint density at radius 1 is 1.05 bits per heavy atom. The molecule has 2 rings (SSSR count). The number of hydrogen-bond donors (Lipinski definition) is 0. The number of likely N-dealkylation sites (N-methyl/N-ethyl adjacent to an activating group) is 2. The summed E-state index contributed by atoms with van der Waals surface area (Å²) < 4.78 is 10.5. The zero-order chi connectivity index (χ0) is 16.4. The molecule has 2 amide bonds. The van der Waals surface area contributed by atoms with E-state index in [2.05, 4.69) is 0 Å². The van der Waals surface area contributed by atoms with Crippen molar-refractivity contribution in [2.45, 2.75) is 0 Å². The third-order valence-corrected chi connectivity index (χ3v) is 3.92. The molecule has 1 aromatic rings. The Kier molecular flexibility index (Phi) is 4.46. The molecule has 0 unspecified atom stereocenters. The van der Waals surface area contributed by atoms with Crippen molar-refractivity contribution in [2.24, 2.45) is 0 Å². The Morgan fingerprint density at radius 3 is 2.14 bits per heavy atom. The highest BCUT2D eigenvalue weighted by atomic mass is 32.1. The molecule has 0 radical (unpaired) electrons. The molecular weight excluding hydrogens is 304 g/mol. The third kappa shape index (κ3) is 2.55. The summed E-state index contributed by atoms with van der Waals surface area (Å²) in [5.74, 6) is 0.0808. The molecule has 22 heavy (non-hydrogen) atoms. The number of carbonyl (C=O) groups is 2. The van der Waals surface area contributed by atoms with Crippen molar-refractivity contribution in [1.82, 2.24) is 9.80 Å². The lowest BCUT2D eigenvalue weighted by molar-refractivity contribution is -0.132. The predicted molar refractivity (Wildman–Crippen MR) is 85.7 cm³/mol. The van der Waals surface area contributed by atoms with Crippen molar-refractivity contribution in [1.29, 1.82) is 0 Å². The number of rotatable bonds is 3. The van der Waals surface area contributed by atoms with Gasteiger partial charge in [0.1, 0.15) is 5.57 Å². The fourth-order valence-electron chi connectivity index (χ4n) is 2.16. The SMILES string of the molecule is COc1cccc(C=C2C(=O)N(C)C(=S)N(C)C2=O)c1OC. The fourth-order valence-corrected chi connectivity index (χ4v) is 2.32. The second kappa shape index (κ2) is 6.15. The highest BCUT2D eigenvalue weighted by molar-refractivity contribution is 7.80. The van der Waals surface area contributed by atoms with Crippen LogP contribution in [0.3, 0.4) is 0 Å². The molecule has 7 heteroatoms. The molecule has 0 atom stereocenters. The van der Waals surface area contributed by atoms with Gasteiger partial charge in [-0.2, -0.15) is 0 Å². The zero-order valence-electron chi connectivity index (χ0n) is 12.7. The fraction of sp³-hybridized carbons (Fsp3) is 0.267. The Balaban J connectivity index is 2.55. The van der Waals surface area contributed by atoms with E-state index in [1.165, 1.54) is 44.2 Å². The molecule has 1 saturated heterocycles. The lowest BCUT2D eigenvalue weighted by Crippen LogP contribution is -2.52. The van der Waals surface area contributed by atoms with Crippen LogP contribution in [0.5, 0.6) is 11.5 Å². The van der Waals surface area contributed by atoms with Crippen molar-refractivity contribution in [3.63, 3.8) is 0 Å². The van der Waals surface area contributed by atoms with Crippen molar-refractivity contribution < 1.29 is 19.1 Å². The molecule has 0 aromatic heterocycles. The number of benzene rings is 1. The van der Waals surface area contributed by atoms with Crippen LogP contribution in [0, 0.1) is 0 Å². The Labute approximate surface area is 133 Å². The molecule has 1 aliphatic rings. The minimum absolute atomic E-state index is 0.0187. The average molecular weight is 320 g/mol. The van der Waals surface area contributed by atoms with Gasteiger partial charge >= 0.3 is 0 Å². The van der Waals surface area contributed by atoms with Gasteiger partial charge < -0.3 is 9.47 Å². The van der Waals surface area contributed by atoms with E-state index in [-0.39, 0.29) is 10.7 Å². The quantitative estimate of drug-likeness (QED) is 0.477. The zero-order valence-corrected chi connectivity index (χ0v) is 13.6. The van der Waals surface area contributed by atoms with Crippen molar-refractivity contribution in [2.75, 3.05) is 28.3 Å². The summed E-state index contributed by atoms with van der Waals surface area (Å²) in [6.07, 6.45) is 1.49. The van der Waals surface area contributed by atoms with E-state index in [1.807, 2.05) is 0 Å². The monoisotopic (exact) mass is 320 g/mol. The largest absolute Gasteiger partial charge is 0.493 e. The molecule has 1 fully saturated rings. The van der Waals surface area contributed by atoms with Gasteiger partial charge in [-0.1, -0.05) is 12.1 Å². The number of hydrogen-bond acceptors (Lipinski definition) is 5. The lowest BCUT2D eigenvalue weighted by Gasteiger charge is -2.31. The van der Waals surface area contributed by atoms with E-state index in [1.54, 1.807) is 18.2 Å². The molecule has 0 N–H and O–H groups in total. The normalized spacial score (nSPS) is 15.3. The van der Waals surface area contributed by atoms with Gasteiger partial charge in [-0.25, -0.2) is 0 Å². The van der Waals surface area contributed by atoms with Gasteiger partial charge in [-0.3, -0.25) is 19.4 Å². The third-order valence-electron chi connectivity index (χ3n) is 3.38. The Morgan fingerprint density at radius 2 is 1.64 bits per heavy atom. The lowest BCUT2D eigenvalue weighted by atomic mass is 10.1. The van der Waals surface area contributed by atoms with E-state index in [9.17, 15) is 9.59 Å². The van der Waals surface area contributed by atoms with Crippen molar-refractivity contribution in [3.05, 3.63) is 29.3 Å². The van der Waals surface area contributed by atoms with Gasteiger partial charge in [0.2, 0.25) is 0 Å². The van der Waals surface area contributed by atoms with E-state index in [0.717, 1.165) is 0 Å². The number of para-hydroxylation sites is 1. The molecule has 1 heterocycles. The predicted octanol–water partition coefficient (Wildman–Crippen LogP) is 1.30. The molecule has 1 aromatic carbocycles. The van der Waals surface area contributed by atoms with Gasteiger partial charge in [0.05, 0.1) is 14.2 Å². The molecule has 0 saturated carbocycles. The molecule has 0 aliphatic carbocycles. The maximum Gasteiger partial charge on any atom is 0.265 e. The molecule has 0 spiro atoms. The Hall–Kier alpha value is -2.41. The first-order valence-electron chi connectivity index (χ1n) is 6.45. The summed E-state index contributed by atoms with van der Waals surface area (Å²) >= 11 is 5.05.